The van der Waals surface area contributed by atoms with Crippen LogP contribution in [0.25, 0.3) is 5.82 Å². The molecule has 3 heterocycles. The number of ketones is 1. The lowest BCUT2D eigenvalue weighted by atomic mass is 9.95. The minimum atomic E-state index is -5.86. The highest BCUT2D eigenvalue weighted by Gasteiger charge is 2.60. The number of carbonyl (C=O) groups is 2. The SMILES string of the molecule is Cc1cc(I)cc(C(=O)NC(C)C2CC2)c1CC(=O)c1cc(Cn2ncc(C(F)(F)C(F)(F)F)n2)nn1-c1ncccc1Cl. The lowest BCUT2D eigenvalue weighted by Gasteiger charge is -2.17. The average molecular weight is 748 g/mol. The summed E-state index contributed by atoms with van der Waals surface area (Å²) in [5, 5.41) is 14.3. The van der Waals surface area contributed by atoms with Crippen LogP contribution in [0.1, 0.15) is 63.1 Å². The number of Topliss-reactive ketones (excluding diaryl/α,β-unsaturated/α-hetero) is 1. The van der Waals surface area contributed by atoms with E-state index < -0.39 is 30.1 Å². The maximum atomic E-state index is 13.9. The molecule has 1 amide bonds. The number of nitrogens with one attached hydrogen (secondary N) is 1. The van der Waals surface area contributed by atoms with Crippen LogP contribution in [0.4, 0.5) is 22.0 Å². The zero-order valence-electron chi connectivity index (χ0n) is 23.2. The molecule has 232 valence electrons. The number of rotatable bonds is 10. The fraction of sp³-hybridized carbons (Fsp3) is 0.357. The highest BCUT2D eigenvalue weighted by atomic mass is 127. The first-order valence-electron chi connectivity index (χ1n) is 13.3. The molecule has 1 aliphatic rings. The van der Waals surface area contributed by atoms with E-state index in [1.807, 2.05) is 13.0 Å². The van der Waals surface area contributed by atoms with Crippen molar-refractivity contribution in [3.63, 3.8) is 0 Å². The van der Waals surface area contributed by atoms with Gasteiger partial charge in [0.15, 0.2) is 17.3 Å². The van der Waals surface area contributed by atoms with Gasteiger partial charge in [0, 0.05) is 27.8 Å². The van der Waals surface area contributed by atoms with Crippen molar-refractivity contribution in [1.82, 2.24) is 35.1 Å². The van der Waals surface area contributed by atoms with E-state index in [-0.39, 0.29) is 40.6 Å². The van der Waals surface area contributed by atoms with Crippen molar-refractivity contribution in [1.29, 1.82) is 0 Å². The fourth-order valence-electron chi connectivity index (χ4n) is 4.67. The van der Waals surface area contributed by atoms with Crippen molar-refractivity contribution in [2.45, 2.75) is 57.8 Å². The first kappa shape index (κ1) is 31.9. The van der Waals surface area contributed by atoms with Crippen molar-refractivity contribution in [2.24, 2.45) is 5.92 Å². The standard InChI is InChI=1S/C28H24ClF5IN7O2/c1-14-8-17(35)9-20(26(44)38-15(2)16-5-6-16)19(14)11-23(43)22-10-18(39-42(22)25-21(29)4-3-7-36-25)13-41-37-12-24(40-41)27(30,31)28(32,33)34/h3-4,7-10,12,15-16H,5-6,11,13H2,1-2H3,(H,38,44). The predicted octanol–water partition coefficient (Wildman–Crippen LogP) is 6.08. The topological polar surface area (TPSA) is 108 Å². The highest BCUT2D eigenvalue weighted by Crippen LogP contribution is 2.42. The maximum absolute atomic E-state index is 13.9. The minimum absolute atomic E-state index is 0.00995. The van der Waals surface area contributed by atoms with Gasteiger partial charge >= 0.3 is 12.1 Å². The molecule has 9 nitrogen and oxygen atoms in total. The molecule has 0 aliphatic heterocycles. The summed E-state index contributed by atoms with van der Waals surface area (Å²) in [6.45, 7) is 3.29. The second kappa shape index (κ2) is 12.1. The number of aromatic nitrogens is 6. The molecule has 5 rings (SSSR count). The van der Waals surface area contributed by atoms with Crippen LogP contribution in [-0.4, -0.2) is 53.7 Å². The van der Waals surface area contributed by atoms with Crippen molar-refractivity contribution in [3.05, 3.63) is 85.1 Å². The van der Waals surface area contributed by atoms with E-state index in [4.69, 9.17) is 11.6 Å². The number of hydrogen-bond acceptors (Lipinski definition) is 6. The number of halogens is 7. The summed E-state index contributed by atoms with van der Waals surface area (Å²) in [6.07, 6.45) is -2.24. The van der Waals surface area contributed by atoms with Gasteiger partial charge in [-0.15, -0.1) is 0 Å². The van der Waals surface area contributed by atoms with Crippen molar-refractivity contribution >= 4 is 45.9 Å². The second-order valence-electron chi connectivity index (χ2n) is 10.5. The number of aryl methyl sites for hydroxylation is 1. The Morgan fingerprint density at radius 1 is 1.16 bits per heavy atom. The Morgan fingerprint density at radius 3 is 2.55 bits per heavy atom. The number of carbonyl (C=O) groups excluding carboxylic acids is 2. The summed E-state index contributed by atoms with van der Waals surface area (Å²) in [7, 11) is 0. The van der Waals surface area contributed by atoms with Crippen LogP contribution in [0, 0.1) is 16.4 Å². The molecule has 0 spiro atoms. The third-order valence-corrected chi connectivity index (χ3v) is 8.13. The fourth-order valence-corrected chi connectivity index (χ4v) is 5.65. The largest absolute Gasteiger partial charge is 0.459 e. The molecule has 44 heavy (non-hydrogen) atoms. The molecule has 0 bridgehead atoms. The van der Waals surface area contributed by atoms with Crippen LogP contribution >= 0.6 is 34.2 Å². The summed E-state index contributed by atoms with van der Waals surface area (Å²) in [5.74, 6) is -5.48. The van der Waals surface area contributed by atoms with Crippen LogP contribution < -0.4 is 5.32 Å². The molecule has 16 heteroatoms. The van der Waals surface area contributed by atoms with Crippen LogP contribution in [0.3, 0.4) is 0 Å². The second-order valence-corrected chi connectivity index (χ2v) is 12.2. The van der Waals surface area contributed by atoms with E-state index >= 15 is 0 Å². The summed E-state index contributed by atoms with van der Waals surface area (Å²) < 4.78 is 67.9. The normalized spacial score (nSPS) is 14.5. The monoisotopic (exact) mass is 747 g/mol. The van der Waals surface area contributed by atoms with E-state index in [1.54, 1.807) is 19.1 Å². The van der Waals surface area contributed by atoms with Crippen molar-refractivity contribution < 1.29 is 31.5 Å². The van der Waals surface area contributed by atoms with Gasteiger partial charge in [0.05, 0.1) is 16.9 Å². The molecule has 1 aromatic carbocycles. The van der Waals surface area contributed by atoms with Gasteiger partial charge in [0.2, 0.25) is 0 Å². The molecule has 1 atom stereocenters. The summed E-state index contributed by atoms with van der Waals surface area (Å²) in [4.78, 5) is 32.0. The minimum Gasteiger partial charge on any atom is -0.349 e. The molecule has 1 saturated carbocycles. The Balaban J connectivity index is 1.49. The highest BCUT2D eigenvalue weighted by molar-refractivity contribution is 14.1. The third-order valence-electron chi connectivity index (χ3n) is 7.21. The van der Waals surface area contributed by atoms with Crippen LogP contribution in [0.5, 0.6) is 0 Å². The Bertz CT molecular complexity index is 1740. The van der Waals surface area contributed by atoms with Crippen LogP contribution in [0.2, 0.25) is 5.02 Å². The van der Waals surface area contributed by atoms with E-state index in [0.29, 0.717) is 28.0 Å². The lowest BCUT2D eigenvalue weighted by molar-refractivity contribution is -0.291. The first-order chi connectivity index (χ1) is 20.7. The summed E-state index contributed by atoms with van der Waals surface area (Å²) in [5.41, 5.74) is 0.0497. The van der Waals surface area contributed by atoms with E-state index in [9.17, 15) is 31.5 Å². The van der Waals surface area contributed by atoms with Gasteiger partial charge in [-0.1, -0.05) is 11.6 Å². The maximum Gasteiger partial charge on any atom is 0.459 e. The predicted molar refractivity (Wildman–Crippen MR) is 157 cm³/mol. The quantitative estimate of drug-likeness (QED) is 0.120. The third kappa shape index (κ3) is 6.62. The van der Waals surface area contributed by atoms with Gasteiger partial charge in [-0.05, 0) is 96.7 Å². The van der Waals surface area contributed by atoms with Gasteiger partial charge in [-0.25, -0.2) is 9.67 Å². The van der Waals surface area contributed by atoms with Crippen LogP contribution in [-0.2, 0) is 18.9 Å². The van der Waals surface area contributed by atoms with Gasteiger partial charge in [-0.2, -0.15) is 42.0 Å². The van der Waals surface area contributed by atoms with Gasteiger partial charge in [0.25, 0.3) is 5.91 Å². The van der Waals surface area contributed by atoms with Crippen LogP contribution in [0.15, 0.2) is 42.7 Å². The molecule has 3 aromatic heterocycles. The smallest absolute Gasteiger partial charge is 0.349 e. The summed E-state index contributed by atoms with van der Waals surface area (Å²) in [6, 6.07) is 7.95. The molecule has 1 unspecified atom stereocenters. The molecule has 0 radical (unpaired) electrons. The molecular weight excluding hydrogens is 724 g/mol. The zero-order valence-corrected chi connectivity index (χ0v) is 26.1. The first-order valence-corrected chi connectivity index (χ1v) is 14.8. The molecule has 0 saturated heterocycles. The molecule has 1 N–H and O–H groups in total. The van der Waals surface area contributed by atoms with Gasteiger partial charge < -0.3 is 5.32 Å². The Hall–Kier alpha value is -3.47. The molecular formula is C28H24ClF5IN7O2. The molecule has 1 fully saturated rings. The lowest BCUT2D eigenvalue weighted by Crippen LogP contribution is -2.35. The summed E-state index contributed by atoms with van der Waals surface area (Å²) >= 11 is 8.44. The van der Waals surface area contributed by atoms with Gasteiger partial charge in [0.1, 0.15) is 12.2 Å². The number of amides is 1. The van der Waals surface area contributed by atoms with Crippen molar-refractivity contribution in [3.8, 4) is 5.82 Å². The van der Waals surface area contributed by atoms with Gasteiger partial charge in [-0.3, -0.25) is 9.59 Å². The Morgan fingerprint density at radius 2 is 1.89 bits per heavy atom. The number of alkyl halides is 5. The van der Waals surface area contributed by atoms with E-state index in [0.717, 1.165) is 26.7 Å². The Labute approximate surface area is 266 Å². The number of pyridine rings is 1. The molecule has 4 aromatic rings. The number of benzene rings is 1. The molecule has 1 aliphatic carbocycles. The average Bonchev–Trinajstić information content (AvgIpc) is 3.55. The Kier molecular flexibility index (Phi) is 8.81. The van der Waals surface area contributed by atoms with Crippen molar-refractivity contribution in [2.75, 3.05) is 0 Å². The zero-order chi connectivity index (χ0) is 32.0. The van der Waals surface area contributed by atoms with E-state index in [2.05, 4.69) is 48.2 Å². The number of nitrogens with zero attached hydrogens (tertiary/aromatic N) is 6. The number of hydrogen-bond donors (Lipinski definition) is 1. The van der Waals surface area contributed by atoms with E-state index in [1.165, 1.54) is 18.3 Å².